The van der Waals surface area contributed by atoms with Crippen molar-refractivity contribution in [2.75, 3.05) is 0 Å². The van der Waals surface area contributed by atoms with Gasteiger partial charge in [0.2, 0.25) is 0 Å². The molecule has 2 heterocycles. The van der Waals surface area contributed by atoms with Crippen molar-refractivity contribution >= 4 is 65.8 Å². The SMILES string of the molecule is CC(/N=C(\N=C(/N)C1=CC=CC2c3cccc(-n4c5ccccc5c5cc6ccccc6cc54)c3OC12)c1ccc2ccccc2c1)c1ccc2ccccc2c1. The summed E-state index contributed by atoms with van der Waals surface area (Å²) in [7, 11) is 0. The van der Waals surface area contributed by atoms with Gasteiger partial charge in [-0.1, -0.05) is 146 Å². The van der Waals surface area contributed by atoms with Crippen LogP contribution in [-0.4, -0.2) is 22.3 Å². The highest BCUT2D eigenvalue weighted by Crippen LogP contribution is 2.48. The van der Waals surface area contributed by atoms with E-state index in [1.807, 2.05) is 6.08 Å². The molecule has 1 aromatic heterocycles. The van der Waals surface area contributed by atoms with Gasteiger partial charge in [-0.2, -0.15) is 0 Å². The highest BCUT2D eigenvalue weighted by molar-refractivity contribution is 6.14. The summed E-state index contributed by atoms with van der Waals surface area (Å²) in [6.07, 6.45) is 6.00. The molecule has 11 rings (SSSR count). The molecule has 0 amide bonds. The second-order valence-electron chi connectivity index (χ2n) is 15.1. The van der Waals surface area contributed by atoms with E-state index in [4.69, 9.17) is 20.5 Å². The third-order valence-electron chi connectivity index (χ3n) is 11.7. The van der Waals surface area contributed by atoms with Crippen LogP contribution in [0, 0.1) is 0 Å². The van der Waals surface area contributed by atoms with E-state index in [2.05, 4.69) is 187 Å². The van der Waals surface area contributed by atoms with Crippen LogP contribution in [0.1, 0.15) is 35.6 Å². The molecule has 57 heavy (non-hydrogen) atoms. The first-order valence-electron chi connectivity index (χ1n) is 19.6. The van der Waals surface area contributed by atoms with Gasteiger partial charge >= 0.3 is 0 Å². The van der Waals surface area contributed by atoms with E-state index in [-0.39, 0.29) is 18.1 Å². The Kier molecular flexibility index (Phi) is 7.68. The fraction of sp³-hybridized carbons (Fsp3) is 0.0769. The van der Waals surface area contributed by atoms with E-state index >= 15 is 0 Å². The van der Waals surface area contributed by atoms with Gasteiger partial charge in [0.25, 0.3) is 0 Å². The maximum absolute atomic E-state index is 7.10. The van der Waals surface area contributed by atoms with Crippen LogP contribution in [0.5, 0.6) is 5.75 Å². The van der Waals surface area contributed by atoms with Gasteiger partial charge in [-0.25, -0.2) is 4.99 Å². The van der Waals surface area contributed by atoms with Crippen molar-refractivity contribution in [1.82, 2.24) is 4.57 Å². The molecule has 3 atom stereocenters. The molecule has 5 heteroatoms. The third kappa shape index (κ3) is 5.54. The minimum atomic E-state index is -0.348. The number of nitrogens with zero attached hydrogens (tertiary/aromatic N) is 3. The molecule has 8 aromatic carbocycles. The number of benzene rings is 8. The molecule has 0 spiro atoms. The largest absolute Gasteiger partial charge is 0.482 e. The lowest BCUT2D eigenvalue weighted by Gasteiger charge is -2.22. The lowest BCUT2D eigenvalue weighted by Crippen LogP contribution is -2.32. The summed E-state index contributed by atoms with van der Waals surface area (Å²) in [5.41, 5.74) is 14.4. The Morgan fingerprint density at radius 2 is 1.30 bits per heavy atom. The van der Waals surface area contributed by atoms with Crippen molar-refractivity contribution in [2.24, 2.45) is 15.7 Å². The van der Waals surface area contributed by atoms with Gasteiger partial charge in [0.1, 0.15) is 17.7 Å². The summed E-state index contributed by atoms with van der Waals surface area (Å²) in [4.78, 5) is 10.4. The summed E-state index contributed by atoms with van der Waals surface area (Å²) in [5, 5.41) is 9.52. The number of aromatic nitrogens is 1. The minimum Gasteiger partial charge on any atom is -0.482 e. The predicted molar refractivity (Wildman–Crippen MR) is 237 cm³/mol. The van der Waals surface area contributed by atoms with E-state index in [1.54, 1.807) is 0 Å². The summed E-state index contributed by atoms with van der Waals surface area (Å²) in [6.45, 7) is 2.12. The van der Waals surface area contributed by atoms with Crippen molar-refractivity contribution in [3.63, 3.8) is 0 Å². The molecule has 0 bridgehead atoms. The number of hydrogen-bond acceptors (Lipinski definition) is 2. The molecule has 0 saturated heterocycles. The molecule has 2 N–H and O–H groups in total. The fourth-order valence-electron chi connectivity index (χ4n) is 8.85. The minimum absolute atomic E-state index is 0.0276. The normalized spacial score (nSPS) is 17.2. The number of ether oxygens (including phenoxy) is 1. The first kappa shape index (κ1) is 33.1. The molecular weight excluding hydrogens is 697 g/mol. The molecule has 0 fully saturated rings. The Labute approximate surface area is 330 Å². The molecule has 1 aliphatic carbocycles. The lowest BCUT2D eigenvalue weighted by atomic mass is 9.86. The van der Waals surface area contributed by atoms with Crippen molar-refractivity contribution in [3.8, 4) is 11.4 Å². The quantitative estimate of drug-likeness (QED) is 0.141. The Bertz CT molecular complexity index is 3220. The van der Waals surface area contributed by atoms with E-state index in [1.165, 1.54) is 32.3 Å². The van der Waals surface area contributed by atoms with Crippen molar-refractivity contribution in [2.45, 2.75) is 25.0 Å². The average molecular weight is 735 g/mol. The molecule has 9 aromatic rings. The summed E-state index contributed by atoms with van der Waals surface area (Å²) >= 11 is 0. The van der Waals surface area contributed by atoms with Crippen LogP contribution in [0.25, 0.3) is 59.8 Å². The summed E-state index contributed by atoms with van der Waals surface area (Å²) in [6, 6.07) is 57.8. The van der Waals surface area contributed by atoms with E-state index in [9.17, 15) is 0 Å². The summed E-state index contributed by atoms with van der Waals surface area (Å²) in [5.74, 6) is 1.81. The second-order valence-corrected chi connectivity index (χ2v) is 15.1. The zero-order chi connectivity index (χ0) is 38.0. The number of aliphatic imine (C=N–C) groups is 2. The van der Waals surface area contributed by atoms with Crippen LogP contribution >= 0.6 is 0 Å². The van der Waals surface area contributed by atoms with Crippen LogP contribution in [-0.2, 0) is 0 Å². The maximum Gasteiger partial charge on any atom is 0.157 e. The van der Waals surface area contributed by atoms with E-state index < -0.39 is 0 Å². The molecule has 1 aliphatic heterocycles. The van der Waals surface area contributed by atoms with Crippen molar-refractivity contribution in [1.29, 1.82) is 0 Å². The monoisotopic (exact) mass is 734 g/mol. The van der Waals surface area contributed by atoms with Crippen molar-refractivity contribution in [3.05, 3.63) is 204 Å². The fourth-order valence-corrected chi connectivity index (χ4v) is 8.85. The molecular formula is C52H38N4O. The number of rotatable bonds is 5. The van der Waals surface area contributed by atoms with E-state index in [0.717, 1.165) is 55.5 Å². The number of para-hydroxylation sites is 2. The zero-order valence-electron chi connectivity index (χ0n) is 31.4. The summed E-state index contributed by atoms with van der Waals surface area (Å²) < 4.78 is 9.44. The Hall–Kier alpha value is -7.24. The Morgan fingerprint density at radius 1 is 0.632 bits per heavy atom. The Morgan fingerprint density at radius 3 is 2.09 bits per heavy atom. The third-order valence-corrected chi connectivity index (χ3v) is 11.7. The van der Waals surface area contributed by atoms with Gasteiger partial charge in [0, 0.05) is 33.4 Å². The Balaban J connectivity index is 1.00. The molecule has 272 valence electrons. The molecule has 0 radical (unpaired) electrons. The number of fused-ring (bicyclic) bond motifs is 9. The van der Waals surface area contributed by atoms with Crippen LogP contribution in [0.2, 0.25) is 0 Å². The van der Waals surface area contributed by atoms with Crippen molar-refractivity contribution < 1.29 is 4.74 Å². The second kappa shape index (κ2) is 13.2. The van der Waals surface area contributed by atoms with Gasteiger partial charge in [-0.15, -0.1) is 0 Å². The first-order chi connectivity index (χ1) is 28.1. The molecule has 5 nitrogen and oxygen atoms in total. The topological polar surface area (TPSA) is 64.9 Å². The average Bonchev–Trinajstić information content (AvgIpc) is 3.80. The lowest BCUT2D eigenvalue weighted by molar-refractivity contribution is 0.261. The van der Waals surface area contributed by atoms with Gasteiger partial charge in [0.05, 0.1) is 22.8 Å². The van der Waals surface area contributed by atoms with Crippen LogP contribution in [0.15, 0.2) is 198 Å². The first-order valence-corrected chi connectivity index (χ1v) is 19.6. The van der Waals surface area contributed by atoms with Gasteiger partial charge in [-0.05, 0) is 81.2 Å². The smallest absolute Gasteiger partial charge is 0.157 e. The van der Waals surface area contributed by atoms with Crippen LogP contribution in [0.4, 0.5) is 0 Å². The van der Waals surface area contributed by atoms with Crippen LogP contribution in [0.3, 0.4) is 0 Å². The molecule has 3 unspecified atom stereocenters. The maximum atomic E-state index is 7.10. The standard InChI is InChI=1S/C52H38N4O/c1-32(35-26-24-33-12-2-4-14-36(33)28-35)54-52(40-27-25-34-13-3-5-15-37(34)29-40)55-51(53)44-21-10-19-42-43-20-11-23-47(50(43)57-49(42)44)56-46-22-9-8-18-41(46)45-30-38-16-6-7-17-39(38)31-48(45)56/h2-32,42,49H,1H3,(H2,53,54,55). The van der Waals surface area contributed by atoms with E-state index in [0.29, 0.717) is 11.7 Å². The predicted octanol–water partition coefficient (Wildman–Crippen LogP) is 12.1. The molecule has 2 aliphatic rings. The van der Waals surface area contributed by atoms with Crippen LogP contribution < -0.4 is 10.5 Å². The van der Waals surface area contributed by atoms with Gasteiger partial charge < -0.3 is 15.0 Å². The number of nitrogens with two attached hydrogens (primary N) is 1. The number of hydrogen-bond donors (Lipinski definition) is 1. The van der Waals surface area contributed by atoms with Gasteiger partial charge in [-0.3, -0.25) is 4.99 Å². The highest BCUT2D eigenvalue weighted by Gasteiger charge is 2.39. The van der Waals surface area contributed by atoms with Gasteiger partial charge in [0.15, 0.2) is 5.84 Å². The number of amidine groups is 2. The highest BCUT2D eigenvalue weighted by atomic mass is 16.5. The number of allylic oxidation sites excluding steroid dienone is 2. The molecule has 0 saturated carbocycles. The zero-order valence-corrected chi connectivity index (χ0v) is 31.4.